The van der Waals surface area contributed by atoms with Gasteiger partial charge in [0.15, 0.2) is 5.78 Å². The van der Waals surface area contributed by atoms with E-state index < -0.39 is 10.0 Å². The van der Waals surface area contributed by atoms with Crippen LogP contribution in [-0.4, -0.2) is 55.5 Å². The second-order valence-corrected chi connectivity index (χ2v) is 9.89. The number of fused-ring (bicyclic) bond motifs is 1. The van der Waals surface area contributed by atoms with E-state index in [1.165, 1.54) is 41.1 Å². The lowest BCUT2D eigenvalue weighted by Gasteiger charge is -2.37. The fraction of sp³-hybridized carbons (Fsp3) is 0.391. The highest BCUT2D eigenvalue weighted by Crippen LogP contribution is 2.33. The number of carbonyl (C=O) groups excluding carboxylic acids is 2. The Morgan fingerprint density at radius 3 is 2.27 bits per heavy atom. The quantitative estimate of drug-likeness (QED) is 0.705. The molecule has 0 aromatic heterocycles. The number of piperazine rings is 1. The Hall–Kier alpha value is -2.51. The standard InChI is InChI=1S/C23H26N2O4S/c1-17(26)18-9-11-20(12-10-18)30(28,29)25-15-13-24(14-16-25)23(27)22-8-4-6-19-5-2-3-7-21(19)22/h2-3,5,7,9-12,22H,4,6,8,13-16H2,1H3/t22-/m1/s1. The van der Waals surface area contributed by atoms with Gasteiger partial charge in [0.1, 0.15) is 0 Å². The minimum atomic E-state index is -3.64. The van der Waals surface area contributed by atoms with E-state index in [4.69, 9.17) is 0 Å². The third kappa shape index (κ3) is 3.91. The Balaban J connectivity index is 1.44. The van der Waals surface area contributed by atoms with Crippen molar-refractivity contribution in [3.05, 3.63) is 65.2 Å². The molecule has 1 heterocycles. The van der Waals surface area contributed by atoms with E-state index in [9.17, 15) is 18.0 Å². The molecule has 6 nitrogen and oxygen atoms in total. The minimum Gasteiger partial charge on any atom is -0.340 e. The number of ketones is 1. The summed E-state index contributed by atoms with van der Waals surface area (Å²) >= 11 is 0. The molecule has 30 heavy (non-hydrogen) atoms. The van der Waals surface area contributed by atoms with Crippen molar-refractivity contribution in [3.8, 4) is 0 Å². The van der Waals surface area contributed by atoms with Crippen LogP contribution in [0.15, 0.2) is 53.4 Å². The summed E-state index contributed by atoms with van der Waals surface area (Å²) in [6.45, 7) is 2.78. The van der Waals surface area contributed by atoms with Crippen LogP contribution in [0.3, 0.4) is 0 Å². The Labute approximate surface area is 177 Å². The largest absolute Gasteiger partial charge is 0.340 e. The third-order valence-electron chi connectivity index (χ3n) is 6.12. The Kier molecular flexibility index (Phi) is 5.75. The van der Waals surface area contributed by atoms with E-state index in [1.807, 2.05) is 18.2 Å². The summed E-state index contributed by atoms with van der Waals surface area (Å²) in [4.78, 5) is 26.6. The molecule has 1 atom stereocenters. The molecule has 158 valence electrons. The van der Waals surface area contributed by atoms with Gasteiger partial charge in [-0.25, -0.2) is 8.42 Å². The van der Waals surface area contributed by atoms with Crippen LogP contribution in [0.5, 0.6) is 0 Å². The zero-order valence-corrected chi connectivity index (χ0v) is 17.9. The number of nitrogens with zero attached hydrogens (tertiary/aromatic N) is 2. The van der Waals surface area contributed by atoms with Gasteiger partial charge in [0.2, 0.25) is 15.9 Å². The summed E-state index contributed by atoms with van der Waals surface area (Å²) in [5.41, 5.74) is 2.85. The molecular formula is C23H26N2O4S. The van der Waals surface area contributed by atoms with Crippen molar-refractivity contribution in [2.45, 2.75) is 37.0 Å². The van der Waals surface area contributed by atoms with Gasteiger partial charge in [-0.1, -0.05) is 36.4 Å². The normalized spacial score (nSPS) is 19.9. The monoisotopic (exact) mass is 426 g/mol. The summed E-state index contributed by atoms with van der Waals surface area (Å²) in [7, 11) is -3.64. The molecule has 2 aliphatic rings. The van der Waals surface area contributed by atoms with Crippen molar-refractivity contribution in [1.29, 1.82) is 0 Å². The molecule has 7 heteroatoms. The Bertz CT molecular complexity index is 1050. The van der Waals surface area contributed by atoms with Gasteiger partial charge in [-0.15, -0.1) is 0 Å². The van der Waals surface area contributed by atoms with Crippen LogP contribution < -0.4 is 0 Å². The molecule has 0 N–H and O–H groups in total. The van der Waals surface area contributed by atoms with Crippen molar-refractivity contribution >= 4 is 21.7 Å². The number of sulfonamides is 1. The fourth-order valence-corrected chi connectivity index (χ4v) is 5.81. The summed E-state index contributed by atoms with van der Waals surface area (Å²) in [5, 5.41) is 0. The molecule has 1 saturated heterocycles. The van der Waals surface area contributed by atoms with Crippen molar-refractivity contribution in [1.82, 2.24) is 9.21 Å². The maximum absolute atomic E-state index is 13.2. The smallest absolute Gasteiger partial charge is 0.243 e. The highest BCUT2D eigenvalue weighted by atomic mass is 32.2. The van der Waals surface area contributed by atoms with Crippen LogP contribution in [0.4, 0.5) is 0 Å². The van der Waals surface area contributed by atoms with E-state index in [-0.39, 0.29) is 35.6 Å². The molecule has 1 aliphatic heterocycles. The van der Waals surface area contributed by atoms with E-state index in [2.05, 4.69) is 6.07 Å². The third-order valence-corrected chi connectivity index (χ3v) is 8.03. The molecule has 0 saturated carbocycles. The number of Topliss-reactive ketones (excluding diaryl/α,β-unsaturated/α-hetero) is 1. The van der Waals surface area contributed by atoms with Crippen LogP contribution >= 0.6 is 0 Å². The van der Waals surface area contributed by atoms with Gasteiger partial charge < -0.3 is 4.90 Å². The molecule has 1 amide bonds. The lowest BCUT2D eigenvalue weighted by Crippen LogP contribution is -2.51. The Morgan fingerprint density at radius 1 is 0.933 bits per heavy atom. The highest BCUT2D eigenvalue weighted by Gasteiger charge is 2.34. The number of hydrogen-bond donors (Lipinski definition) is 0. The van der Waals surface area contributed by atoms with Crippen LogP contribution in [0.2, 0.25) is 0 Å². The van der Waals surface area contributed by atoms with Crippen molar-refractivity contribution < 1.29 is 18.0 Å². The number of carbonyl (C=O) groups is 2. The molecule has 2 aromatic carbocycles. The van der Waals surface area contributed by atoms with Crippen LogP contribution in [-0.2, 0) is 21.2 Å². The Morgan fingerprint density at radius 2 is 1.60 bits per heavy atom. The van der Waals surface area contributed by atoms with Gasteiger partial charge in [-0.05, 0) is 49.4 Å². The molecule has 0 unspecified atom stereocenters. The van der Waals surface area contributed by atoms with Crippen molar-refractivity contribution in [2.75, 3.05) is 26.2 Å². The van der Waals surface area contributed by atoms with Crippen molar-refractivity contribution in [2.24, 2.45) is 0 Å². The number of amides is 1. The topological polar surface area (TPSA) is 74.8 Å². The predicted molar refractivity (Wildman–Crippen MR) is 114 cm³/mol. The molecular weight excluding hydrogens is 400 g/mol. The first-order valence-corrected chi connectivity index (χ1v) is 11.8. The van der Waals surface area contributed by atoms with E-state index in [0.29, 0.717) is 18.7 Å². The van der Waals surface area contributed by atoms with Gasteiger partial charge >= 0.3 is 0 Å². The second-order valence-electron chi connectivity index (χ2n) is 7.95. The van der Waals surface area contributed by atoms with Gasteiger partial charge in [0.25, 0.3) is 0 Å². The average Bonchev–Trinajstić information content (AvgIpc) is 2.78. The second kappa shape index (κ2) is 8.32. The number of aryl methyl sites for hydroxylation is 1. The molecule has 0 radical (unpaired) electrons. The summed E-state index contributed by atoms with van der Waals surface area (Å²) in [6, 6.07) is 14.2. The maximum Gasteiger partial charge on any atom is 0.243 e. The van der Waals surface area contributed by atoms with Gasteiger partial charge in [-0.2, -0.15) is 4.31 Å². The summed E-state index contributed by atoms with van der Waals surface area (Å²) in [5.74, 6) is -0.127. The fourth-order valence-electron chi connectivity index (χ4n) is 4.39. The molecule has 1 aliphatic carbocycles. The van der Waals surface area contributed by atoms with Crippen LogP contribution in [0, 0.1) is 0 Å². The van der Waals surface area contributed by atoms with E-state index in [1.54, 1.807) is 4.90 Å². The lowest BCUT2D eigenvalue weighted by molar-refractivity contribution is -0.134. The van der Waals surface area contributed by atoms with Crippen molar-refractivity contribution in [3.63, 3.8) is 0 Å². The van der Waals surface area contributed by atoms with Crippen LogP contribution in [0.1, 0.15) is 47.2 Å². The maximum atomic E-state index is 13.2. The minimum absolute atomic E-state index is 0.102. The first-order chi connectivity index (χ1) is 14.4. The van der Waals surface area contributed by atoms with Gasteiger partial charge in [0, 0.05) is 31.7 Å². The molecule has 4 rings (SSSR count). The highest BCUT2D eigenvalue weighted by molar-refractivity contribution is 7.89. The lowest BCUT2D eigenvalue weighted by atomic mass is 9.82. The average molecular weight is 427 g/mol. The van der Waals surface area contributed by atoms with Crippen LogP contribution in [0.25, 0.3) is 0 Å². The molecule has 2 aromatic rings. The van der Waals surface area contributed by atoms with E-state index in [0.717, 1.165) is 24.8 Å². The van der Waals surface area contributed by atoms with Gasteiger partial charge in [0.05, 0.1) is 10.8 Å². The zero-order valence-electron chi connectivity index (χ0n) is 17.1. The zero-order chi connectivity index (χ0) is 21.3. The number of hydrogen-bond acceptors (Lipinski definition) is 4. The SMILES string of the molecule is CC(=O)c1ccc(S(=O)(=O)N2CCN(C(=O)[C@@H]3CCCc4ccccc43)CC2)cc1. The molecule has 0 spiro atoms. The first-order valence-electron chi connectivity index (χ1n) is 10.4. The van der Waals surface area contributed by atoms with E-state index >= 15 is 0 Å². The number of benzene rings is 2. The number of rotatable bonds is 4. The predicted octanol–water partition coefficient (Wildman–Crippen LogP) is 2.84. The summed E-state index contributed by atoms with van der Waals surface area (Å²) < 4.78 is 27.3. The molecule has 1 fully saturated rings. The molecule has 0 bridgehead atoms. The summed E-state index contributed by atoms with van der Waals surface area (Å²) in [6.07, 6.45) is 2.85. The van der Waals surface area contributed by atoms with Gasteiger partial charge in [-0.3, -0.25) is 9.59 Å². The first kappa shape index (κ1) is 20.8.